The number of rotatable bonds is 4. The van der Waals surface area contributed by atoms with Crippen molar-refractivity contribution in [2.24, 2.45) is 0 Å². The average molecular weight is 293 g/mol. The van der Waals surface area contributed by atoms with Crippen molar-refractivity contribution in [3.63, 3.8) is 0 Å². The zero-order chi connectivity index (χ0) is 14.9. The zero-order valence-electron chi connectivity index (χ0n) is 12.0. The van der Waals surface area contributed by atoms with Crippen LogP contribution in [0.3, 0.4) is 0 Å². The summed E-state index contributed by atoms with van der Waals surface area (Å²) in [6.07, 6.45) is 9.00. The number of hydrogen-bond acceptors (Lipinski definition) is 4. The van der Waals surface area contributed by atoms with E-state index in [1.807, 2.05) is 24.3 Å². The minimum Gasteiger partial charge on any atom is -0.272 e. The van der Waals surface area contributed by atoms with Crippen LogP contribution >= 0.6 is 0 Å². The van der Waals surface area contributed by atoms with Gasteiger partial charge >= 0.3 is 5.69 Å². The Bertz CT molecular complexity index is 834. The van der Waals surface area contributed by atoms with Crippen molar-refractivity contribution in [2.75, 3.05) is 0 Å². The molecule has 6 heteroatoms. The summed E-state index contributed by atoms with van der Waals surface area (Å²) >= 11 is 0. The molecule has 0 radical (unpaired) electrons. The highest BCUT2D eigenvalue weighted by Gasteiger charge is 2.30. The first kappa shape index (κ1) is 12.9. The standard InChI is InChI=1S/C16H15N5O/c22-16-20(11-12-3-1-7-17-9-12)19-15(21(16)14-5-6-14)13-4-2-8-18-10-13/h1-4,7-10,14H,5-6,11H2. The molecule has 0 spiro atoms. The third-order valence-electron chi connectivity index (χ3n) is 3.76. The predicted molar refractivity (Wildman–Crippen MR) is 81.3 cm³/mol. The summed E-state index contributed by atoms with van der Waals surface area (Å²) in [4.78, 5) is 20.9. The van der Waals surface area contributed by atoms with Crippen LogP contribution in [-0.2, 0) is 6.54 Å². The Hall–Kier alpha value is -2.76. The maximum Gasteiger partial charge on any atom is 0.346 e. The smallest absolute Gasteiger partial charge is 0.272 e. The van der Waals surface area contributed by atoms with Crippen molar-refractivity contribution in [2.45, 2.75) is 25.4 Å². The van der Waals surface area contributed by atoms with Crippen LogP contribution in [0.5, 0.6) is 0 Å². The summed E-state index contributed by atoms with van der Waals surface area (Å²) in [5, 5.41) is 4.54. The van der Waals surface area contributed by atoms with Crippen molar-refractivity contribution >= 4 is 0 Å². The maximum absolute atomic E-state index is 12.7. The van der Waals surface area contributed by atoms with E-state index < -0.39 is 0 Å². The minimum absolute atomic E-state index is 0.0646. The number of aromatic nitrogens is 5. The Morgan fingerprint density at radius 1 is 1.09 bits per heavy atom. The second-order valence-corrected chi connectivity index (χ2v) is 5.47. The molecule has 1 aliphatic carbocycles. The highest BCUT2D eigenvalue weighted by molar-refractivity contribution is 5.53. The Balaban J connectivity index is 1.79. The average Bonchev–Trinajstić information content (AvgIpc) is 3.35. The summed E-state index contributed by atoms with van der Waals surface area (Å²) in [5.74, 6) is 0.699. The van der Waals surface area contributed by atoms with Gasteiger partial charge in [-0.1, -0.05) is 6.07 Å². The van der Waals surface area contributed by atoms with Crippen LogP contribution < -0.4 is 5.69 Å². The Morgan fingerprint density at radius 2 is 1.86 bits per heavy atom. The maximum atomic E-state index is 12.7. The zero-order valence-corrected chi connectivity index (χ0v) is 12.0. The van der Waals surface area contributed by atoms with Crippen LogP contribution in [0, 0.1) is 0 Å². The quantitative estimate of drug-likeness (QED) is 0.736. The van der Waals surface area contributed by atoms with E-state index in [1.54, 1.807) is 29.4 Å². The highest BCUT2D eigenvalue weighted by atomic mass is 16.2. The van der Waals surface area contributed by atoms with Crippen LogP contribution in [0.15, 0.2) is 53.8 Å². The van der Waals surface area contributed by atoms with Crippen molar-refractivity contribution in [3.05, 3.63) is 65.1 Å². The van der Waals surface area contributed by atoms with Gasteiger partial charge in [0.15, 0.2) is 5.82 Å². The molecule has 0 atom stereocenters. The normalized spacial score (nSPS) is 14.2. The Kier molecular flexibility index (Phi) is 3.07. The van der Waals surface area contributed by atoms with Crippen LogP contribution in [0.4, 0.5) is 0 Å². The van der Waals surface area contributed by atoms with Gasteiger partial charge in [0.1, 0.15) is 0 Å². The number of nitrogens with zero attached hydrogens (tertiary/aromatic N) is 5. The summed E-state index contributed by atoms with van der Waals surface area (Å²) in [6, 6.07) is 7.86. The third-order valence-corrected chi connectivity index (χ3v) is 3.76. The van der Waals surface area contributed by atoms with Gasteiger partial charge in [-0.15, -0.1) is 5.10 Å². The van der Waals surface area contributed by atoms with E-state index in [2.05, 4.69) is 15.1 Å². The molecule has 0 saturated heterocycles. The van der Waals surface area contributed by atoms with E-state index in [-0.39, 0.29) is 11.7 Å². The first-order valence-electron chi connectivity index (χ1n) is 7.31. The first-order valence-corrected chi connectivity index (χ1v) is 7.31. The van der Waals surface area contributed by atoms with Crippen molar-refractivity contribution in [3.8, 4) is 11.4 Å². The van der Waals surface area contributed by atoms with E-state index in [1.165, 1.54) is 4.68 Å². The second-order valence-electron chi connectivity index (χ2n) is 5.47. The second kappa shape index (κ2) is 5.22. The molecule has 1 aliphatic rings. The van der Waals surface area contributed by atoms with Gasteiger partial charge in [0, 0.05) is 36.4 Å². The molecule has 0 aliphatic heterocycles. The van der Waals surface area contributed by atoms with Crippen LogP contribution in [-0.4, -0.2) is 24.3 Å². The number of pyridine rings is 2. The van der Waals surface area contributed by atoms with E-state index in [0.29, 0.717) is 12.4 Å². The Labute approximate surface area is 127 Å². The molecule has 0 bridgehead atoms. The van der Waals surface area contributed by atoms with E-state index >= 15 is 0 Å². The third kappa shape index (κ3) is 2.32. The summed E-state index contributed by atoms with van der Waals surface area (Å²) in [5.41, 5.74) is 1.77. The molecule has 3 aromatic heterocycles. The lowest BCUT2D eigenvalue weighted by molar-refractivity contribution is 0.624. The fraction of sp³-hybridized carbons (Fsp3) is 0.250. The summed E-state index contributed by atoms with van der Waals surface area (Å²) in [6.45, 7) is 0.430. The molecular formula is C16H15N5O. The topological polar surface area (TPSA) is 65.6 Å². The predicted octanol–water partition coefficient (Wildman–Crippen LogP) is 1.88. The first-order chi connectivity index (χ1) is 10.8. The Morgan fingerprint density at radius 3 is 2.50 bits per heavy atom. The highest BCUT2D eigenvalue weighted by Crippen LogP contribution is 2.36. The molecule has 1 saturated carbocycles. The van der Waals surface area contributed by atoms with Crippen LogP contribution in [0.25, 0.3) is 11.4 Å². The molecule has 3 aromatic rings. The lowest BCUT2D eigenvalue weighted by Crippen LogP contribution is -2.25. The number of hydrogen-bond donors (Lipinski definition) is 0. The lowest BCUT2D eigenvalue weighted by Gasteiger charge is -2.02. The van der Waals surface area contributed by atoms with E-state index in [4.69, 9.17) is 0 Å². The molecule has 22 heavy (non-hydrogen) atoms. The van der Waals surface area contributed by atoms with Gasteiger partial charge in [0.2, 0.25) is 0 Å². The van der Waals surface area contributed by atoms with Crippen molar-refractivity contribution < 1.29 is 0 Å². The van der Waals surface area contributed by atoms with Gasteiger partial charge in [-0.05, 0) is 36.6 Å². The van der Waals surface area contributed by atoms with Gasteiger partial charge in [0.05, 0.1) is 6.54 Å². The molecule has 0 unspecified atom stereocenters. The lowest BCUT2D eigenvalue weighted by atomic mass is 10.3. The van der Waals surface area contributed by atoms with Gasteiger partial charge in [-0.3, -0.25) is 14.5 Å². The van der Waals surface area contributed by atoms with E-state index in [0.717, 1.165) is 24.0 Å². The molecule has 0 amide bonds. The van der Waals surface area contributed by atoms with Gasteiger partial charge in [-0.2, -0.15) is 0 Å². The van der Waals surface area contributed by atoms with Gasteiger partial charge in [-0.25, -0.2) is 9.48 Å². The molecule has 3 heterocycles. The molecule has 4 rings (SSSR count). The molecule has 1 fully saturated rings. The van der Waals surface area contributed by atoms with Gasteiger partial charge < -0.3 is 0 Å². The van der Waals surface area contributed by atoms with Crippen LogP contribution in [0.2, 0.25) is 0 Å². The van der Waals surface area contributed by atoms with Gasteiger partial charge in [0.25, 0.3) is 0 Å². The van der Waals surface area contributed by atoms with Crippen molar-refractivity contribution in [1.82, 2.24) is 24.3 Å². The minimum atomic E-state index is -0.0646. The largest absolute Gasteiger partial charge is 0.346 e. The monoisotopic (exact) mass is 293 g/mol. The van der Waals surface area contributed by atoms with Crippen LogP contribution in [0.1, 0.15) is 24.4 Å². The van der Waals surface area contributed by atoms with E-state index in [9.17, 15) is 4.79 Å². The summed E-state index contributed by atoms with van der Waals surface area (Å²) < 4.78 is 3.31. The molecular weight excluding hydrogens is 278 g/mol. The fourth-order valence-corrected chi connectivity index (χ4v) is 2.54. The van der Waals surface area contributed by atoms with Crippen molar-refractivity contribution in [1.29, 1.82) is 0 Å². The molecule has 0 aromatic carbocycles. The molecule has 110 valence electrons. The molecule has 6 nitrogen and oxygen atoms in total. The molecule has 0 N–H and O–H groups in total. The fourth-order valence-electron chi connectivity index (χ4n) is 2.54. The SMILES string of the molecule is O=c1n(Cc2cccnc2)nc(-c2cccnc2)n1C1CC1. The summed E-state index contributed by atoms with van der Waals surface area (Å²) in [7, 11) is 0.